The van der Waals surface area contributed by atoms with E-state index in [-0.39, 0.29) is 5.91 Å². The van der Waals surface area contributed by atoms with Crippen molar-refractivity contribution in [1.82, 2.24) is 5.32 Å². The Bertz CT molecular complexity index is 634. The molecule has 4 nitrogen and oxygen atoms in total. The van der Waals surface area contributed by atoms with Crippen LogP contribution in [-0.2, 0) is 4.79 Å². The molecule has 1 atom stereocenters. The van der Waals surface area contributed by atoms with Crippen LogP contribution in [0.5, 0.6) is 0 Å². The van der Waals surface area contributed by atoms with Gasteiger partial charge in [0.15, 0.2) is 0 Å². The van der Waals surface area contributed by atoms with Crippen molar-refractivity contribution in [3.63, 3.8) is 0 Å². The lowest BCUT2D eigenvalue weighted by molar-refractivity contribution is -0.143. The number of fused-ring (bicyclic) bond motifs is 1. The Morgan fingerprint density at radius 1 is 1.37 bits per heavy atom. The van der Waals surface area contributed by atoms with E-state index in [4.69, 9.17) is 5.11 Å². The Morgan fingerprint density at radius 3 is 2.74 bits per heavy atom. The molecule has 1 amide bonds. The van der Waals surface area contributed by atoms with Gasteiger partial charge in [-0.25, -0.2) is 4.79 Å². The molecule has 0 saturated heterocycles. The van der Waals surface area contributed by atoms with E-state index in [1.165, 1.54) is 6.92 Å². The molecule has 0 fully saturated rings. The van der Waals surface area contributed by atoms with Gasteiger partial charge in [0.25, 0.3) is 5.91 Å². The highest BCUT2D eigenvalue weighted by Gasteiger charge is 2.32. The van der Waals surface area contributed by atoms with Gasteiger partial charge >= 0.3 is 5.97 Å². The number of carbonyl (C=O) groups excluding carboxylic acids is 1. The summed E-state index contributed by atoms with van der Waals surface area (Å²) in [5.41, 5.74) is -0.757. The molecule has 2 N–H and O–H groups in total. The molecule has 2 aromatic rings. The molecule has 5 heteroatoms. The Kier molecular flexibility index (Phi) is 3.57. The number of hydrogen-bond donors (Lipinski definition) is 2. The highest BCUT2D eigenvalue weighted by Crippen LogP contribution is 2.22. The predicted octanol–water partition coefficient (Wildman–Crippen LogP) is 2.88. The summed E-state index contributed by atoms with van der Waals surface area (Å²) in [7, 11) is 0. The van der Waals surface area contributed by atoms with Crippen LogP contribution >= 0.6 is 11.3 Å². The van der Waals surface area contributed by atoms with Crippen LogP contribution < -0.4 is 5.32 Å². The van der Waals surface area contributed by atoms with E-state index in [9.17, 15) is 9.59 Å². The third-order valence-electron chi connectivity index (χ3n) is 3.28. The smallest absolute Gasteiger partial charge is 0.329 e. The lowest BCUT2D eigenvalue weighted by atomic mass is 9.98. The van der Waals surface area contributed by atoms with Gasteiger partial charge in [0, 0.05) is 10.3 Å². The summed E-state index contributed by atoms with van der Waals surface area (Å²) >= 11 is 1.60. The van der Waals surface area contributed by atoms with Gasteiger partial charge in [0.1, 0.15) is 5.54 Å². The topological polar surface area (TPSA) is 66.4 Å². The highest BCUT2D eigenvalue weighted by atomic mass is 32.1. The van der Waals surface area contributed by atoms with E-state index in [0.717, 1.165) is 10.1 Å². The molecule has 0 aliphatic heterocycles. The lowest BCUT2D eigenvalue weighted by Gasteiger charge is -2.24. The minimum atomic E-state index is -1.24. The first-order valence-corrected chi connectivity index (χ1v) is 6.87. The molecule has 1 unspecified atom stereocenters. The number of amides is 1. The number of aliphatic carboxylic acids is 1. The fourth-order valence-electron chi connectivity index (χ4n) is 1.72. The summed E-state index contributed by atoms with van der Waals surface area (Å²) in [6, 6.07) is 7.30. The van der Waals surface area contributed by atoms with E-state index in [0.29, 0.717) is 12.0 Å². The molecule has 19 heavy (non-hydrogen) atoms. The Balaban J connectivity index is 2.26. The van der Waals surface area contributed by atoms with Crippen LogP contribution in [0.15, 0.2) is 29.6 Å². The first kappa shape index (κ1) is 13.5. The number of benzene rings is 1. The number of thiophene rings is 1. The van der Waals surface area contributed by atoms with E-state index in [1.807, 2.05) is 17.5 Å². The van der Waals surface area contributed by atoms with E-state index in [2.05, 4.69) is 5.32 Å². The predicted molar refractivity (Wildman–Crippen MR) is 75.6 cm³/mol. The second-order valence-corrected chi connectivity index (χ2v) is 5.57. The van der Waals surface area contributed by atoms with Crippen LogP contribution in [0, 0.1) is 0 Å². The van der Waals surface area contributed by atoms with Crippen molar-refractivity contribution in [2.45, 2.75) is 25.8 Å². The molecule has 1 aromatic heterocycles. The Morgan fingerprint density at radius 2 is 2.11 bits per heavy atom. The number of hydrogen-bond acceptors (Lipinski definition) is 3. The molecule has 0 aliphatic rings. The summed E-state index contributed by atoms with van der Waals surface area (Å²) in [5.74, 6) is -1.39. The van der Waals surface area contributed by atoms with E-state index in [1.54, 1.807) is 30.4 Å². The summed E-state index contributed by atoms with van der Waals surface area (Å²) in [5, 5.41) is 14.7. The molecule has 100 valence electrons. The van der Waals surface area contributed by atoms with Gasteiger partial charge in [-0.05, 0) is 48.4 Å². The van der Waals surface area contributed by atoms with Gasteiger partial charge in [0.05, 0.1) is 0 Å². The number of nitrogens with one attached hydrogen (secondary N) is 1. The zero-order valence-electron chi connectivity index (χ0n) is 10.8. The number of carbonyl (C=O) groups is 2. The molecule has 0 aliphatic carbocycles. The normalized spacial score (nSPS) is 14.0. The standard InChI is InChI=1S/C14H15NO3S/c1-3-14(2,13(17)18)15-12(16)10-4-5-11-9(8-10)6-7-19-11/h4-8H,3H2,1-2H3,(H,15,16)(H,17,18). The van der Waals surface area contributed by atoms with Gasteiger partial charge in [-0.15, -0.1) is 11.3 Å². The monoisotopic (exact) mass is 277 g/mol. The molecule has 0 saturated carbocycles. The largest absolute Gasteiger partial charge is 0.480 e. The minimum Gasteiger partial charge on any atom is -0.480 e. The summed E-state index contributed by atoms with van der Waals surface area (Å²) < 4.78 is 1.10. The van der Waals surface area contributed by atoms with Gasteiger partial charge in [0.2, 0.25) is 0 Å². The molecule has 0 spiro atoms. The van der Waals surface area contributed by atoms with Crippen LogP contribution in [0.1, 0.15) is 30.6 Å². The van der Waals surface area contributed by atoms with Crippen LogP contribution in [0.3, 0.4) is 0 Å². The number of rotatable bonds is 4. The molecule has 0 radical (unpaired) electrons. The maximum absolute atomic E-state index is 12.1. The fraction of sp³-hybridized carbons (Fsp3) is 0.286. The first-order valence-electron chi connectivity index (χ1n) is 5.99. The number of carboxylic acid groups (broad SMARTS) is 1. The van der Waals surface area contributed by atoms with Crippen LogP contribution in [0.25, 0.3) is 10.1 Å². The van der Waals surface area contributed by atoms with Gasteiger partial charge in [-0.2, -0.15) is 0 Å². The van der Waals surface area contributed by atoms with E-state index < -0.39 is 11.5 Å². The first-order chi connectivity index (χ1) is 8.96. The average molecular weight is 277 g/mol. The second-order valence-electron chi connectivity index (χ2n) is 4.62. The Labute approximate surface area is 115 Å². The van der Waals surface area contributed by atoms with Crippen molar-refractivity contribution < 1.29 is 14.7 Å². The Hall–Kier alpha value is -1.88. The molecule has 2 rings (SSSR count). The molecule has 0 bridgehead atoms. The van der Waals surface area contributed by atoms with Crippen molar-refractivity contribution in [3.8, 4) is 0 Å². The summed E-state index contributed by atoms with van der Waals surface area (Å²) in [6.45, 7) is 3.24. The van der Waals surface area contributed by atoms with Crippen LogP contribution in [0.2, 0.25) is 0 Å². The molecular weight excluding hydrogens is 262 g/mol. The second kappa shape index (κ2) is 5.01. The molecule has 1 heterocycles. The summed E-state index contributed by atoms with van der Waals surface area (Å²) in [4.78, 5) is 23.3. The van der Waals surface area contributed by atoms with Gasteiger partial charge < -0.3 is 10.4 Å². The van der Waals surface area contributed by atoms with Crippen molar-refractivity contribution in [2.24, 2.45) is 0 Å². The lowest BCUT2D eigenvalue weighted by Crippen LogP contribution is -2.51. The zero-order valence-corrected chi connectivity index (χ0v) is 11.6. The third-order valence-corrected chi connectivity index (χ3v) is 4.18. The summed E-state index contributed by atoms with van der Waals surface area (Å²) in [6.07, 6.45) is 0.328. The number of carboxylic acids is 1. The third kappa shape index (κ3) is 2.61. The van der Waals surface area contributed by atoms with Crippen LogP contribution in [0.4, 0.5) is 0 Å². The average Bonchev–Trinajstić information content (AvgIpc) is 2.85. The van der Waals surface area contributed by atoms with Gasteiger partial charge in [-0.3, -0.25) is 4.79 Å². The minimum absolute atomic E-state index is 0.328. The van der Waals surface area contributed by atoms with Crippen molar-refractivity contribution in [2.75, 3.05) is 0 Å². The highest BCUT2D eigenvalue weighted by molar-refractivity contribution is 7.17. The van der Waals surface area contributed by atoms with Gasteiger partial charge in [-0.1, -0.05) is 6.92 Å². The van der Waals surface area contributed by atoms with Crippen LogP contribution in [-0.4, -0.2) is 22.5 Å². The molecule has 1 aromatic carbocycles. The van der Waals surface area contributed by atoms with E-state index >= 15 is 0 Å². The maximum Gasteiger partial charge on any atom is 0.329 e. The maximum atomic E-state index is 12.1. The van der Waals surface area contributed by atoms with Crippen molar-refractivity contribution in [1.29, 1.82) is 0 Å². The molecular formula is C14H15NO3S. The zero-order chi connectivity index (χ0) is 14.0. The SMILES string of the molecule is CCC(C)(NC(=O)c1ccc2sccc2c1)C(=O)O. The quantitative estimate of drug-likeness (QED) is 0.903. The van der Waals surface area contributed by atoms with Crippen molar-refractivity contribution in [3.05, 3.63) is 35.2 Å². The van der Waals surface area contributed by atoms with Crippen molar-refractivity contribution >= 4 is 33.3 Å². The fourth-order valence-corrected chi connectivity index (χ4v) is 2.49.